The zero-order valence-electron chi connectivity index (χ0n) is 12.0. The van der Waals surface area contributed by atoms with Gasteiger partial charge in [-0.3, -0.25) is 9.59 Å². The van der Waals surface area contributed by atoms with Crippen molar-refractivity contribution in [1.82, 2.24) is 9.97 Å². The summed E-state index contributed by atoms with van der Waals surface area (Å²) in [5.41, 5.74) is -0.105. The van der Waals surface area contributed by atoms with Crippen molar-refractivity contribution >= 4 is 28.3 Å². The van der Waals surface area contributed by atoms with E-state index in [9.17, 15) is 14.9 Å². The number of benzene rings is 1. The standard InChI is InChI=1S/C16H12ClN3O3/c1-2-6-23-7-5-14(21)12(9-18)15-19-13-8-10(17)3-4-11(13)16(22)20-15/h1,3-4,8,12H,5-7H2,(H,19,20,22)/t12-/m1/s1. The largest absolute Gasteiger partial charge is 0.368 e. The molecular formula is C16H12ClN3O3. The predicted molar refractivity (Wildman–Crippen MR) is 85.0 cm³/mol. The molecule has 0 saturated carbocycles. The average molecular weight is 330 g/mol. The molecule has 116 valence electrons. The van der Waals surface area contributed by atoms with Gasteiger partial charge in [0.1, 0.15) is 12.4 Å². The van der Waals surface area contributed by atoms with Crippen molar-refractivity contribution in [1.29, 1.82) is 5.26 Å². The van der Waals surface area contributed by atoms with Gasteiger partial charge in [-0.15, -0.1) is 6.42 Å². The number of H-pyrrole nitrogens is 1. The zero-order valence-corrected chi connectivity index (χ0v) is 12.8. The Balaban J connectivity index is 2.30. The van der Waals surface area contributed by atoms with Crippen molar-refractivity contribution in [3.63, 3.8) is 0 Å². The molecule has 2 rings (SSSR count). The van der Waals surface area contributed by atoms with Gasteiger partial charge in [-0.25, -0.2) is 4.98 Å². The number of hydrogen-bond donors (Lipinski definition) is 1. The summed E-state index contributed by atoms with van der Waals surface area (Å²) in [6.45, 7) is 0.193. The molecule has 6 nitrogen and oxygen atoms in total. The number of Topliss-reactive ketones (excluding diaryl/α,β-unsaturated/α-hetero) is 1. The minimum absolute atomic E-state index is 0.00278. The molecule has 1 atom stereocenters. The maximum atomic E-state index is 12.1. The molecule has 1 heterocycles. The smallest absolute Gasteiger partial charge is 0.258 e. The Morgan fingerprint density at radius 3 is 3.00 bits per heavy atom. The lowest BCUT2D eigenvalue weighted by atomic mass is 10.0. The highest BCUT2D eigenvalue weighted by Crippen LogP contribution is 2.18. The minimum Gasteiger partial charge on any atom is -0.368 e. The van der Waals surface area contributed by atoms with E-state index in [1.807, 2.05) is 6.07 Å². The van der Waals surface area contributed by atoms with Crippen LogP contribution >= 0.6 is 11.6 Å². The summed E-state index contributed by atoms with van der Waals surface area (Å²) in [5.74, 6) is 0.685. The van der Waals surface area contributed by atoms with E-state index in [4.69, 9.17) is 22.8 Å². The van der Waals surface area contributed by atoms with Crippen LogP contribution in [0.5, 0.6) is 0 Å². The van der Waals surface area contributed by atoms with E-state index < -0.39 is 17.3 Å². The van der Waals surface area contributed by atoms with Crippen LogP contribution in [0.4, 0.5) is 0 Å². The summed E-state index contributed by atoms with van der Waals surface area (Å²) in [6, 6.07) is 6.46. The Bertz CT molecular complexity index is 877. The number of ketones is 1. The number of nitrogens with zero attached hydrogens (tertiary/aromatic N) is 2. The number of hydrogen-bond acceptors (Lipinski definition) is 5. The highest BCUT2D eigenvalue weighted by atomic mass is 35.5. The lowest BCUT2D eigenvalue weighted by Gasteiger charge is -2.08. The first kappa shape index (κ1) is 16.7. The molecule has 23 heavy (non-hydrogen) atoms. The number of carbonyl (C=O) groups excluding carboxylic acids is 1. The van der Waals surface area contributed by atoms with Crippen LogP contribution in [0.2, 0.25) is 5.02 Å². The van der Waals surface area contributed by atoms with Crippen molar-refractivity contribution in [2.75, 3.05) is 13.2 Å². The second-order valence-corrected chi connectivity index (χ2v) is 5.08. The third kappa shape index (κ3) is 3.95. The van der Waals surface area contributed by atoms with Gasteiger partial charge in [0.05, 0.1) is 23.6 Å². The Morgan fingerprint density at radius 1 is 1.52 bits per heavy atom. The van der Waals surface area contributed by atoms with E-state index >= 15 is 0 Å². The summed E-state index contributed by atoms with van der Waals surface area (Å²) in [6.07, 6.45) is 5.03. The van der Waals surface area contributed by atoms with Crippen LogP contribution in [-0.2, 0) is 9.53 Å². The average Bonchev–Trinajstić information content (AvgIpc) is 2.52. The van der Waals surface area contributed by atoms with Gasteiger partial charge in [0.15, 0.2) is 11.7 Å². The molecule has 2 aromatic rings. The third-order valence-corrected chi connectivity index (χ3v) is 3.32. The summed E-state index contributed by atoms with van der Waals surface area (Å²) < 4.78 is 5.02. The van der Waals surface area contributed by atoms with Gasteiger partial charge in [-0.1, -0.05) is 17.5 Å². The number of nitriles is 1. The van der Waals surface area contributed by atoms with E-state index in [1.54, 1.807) is 6.07 Å². The number of ether oxygens (including phenoxy) is 1. The monoisotopic (exact) mass is 329 g/mol. The number of rotatable bonds is 6. The normalized spacial score (nSPS) is 11.6. The molecule has 0 aliphatic heterocycles. The summed E-state index contributed by atoms with van der Waals surface area (Å²) in [5, 5.41) is 9.98. The van der Waals surface area contributed by atoms with Gasteiger partial charge in [-0.05, 0) is 18.2 Å². The Labute approximate surface area is 137 Å². The van der Waals surface area contributed by atoms with Gasteiger partial charge < -0.3 is 9.72 Å². The van der Waals surface area contributed by atoms with Gasteiger partial charge in [0.2, 0.25) is 0 Å². The maximum Gasteiger partial charge on any atom is 0.258 e. The molecule has 0 aliphatic rings. The van der Waals surface area contributed by atoms with Crippen LogP contribution in [-0.4, -0.2) is 29.0 Å². The first-order chi connectivity index (χ1) is 11.1. The molecule has 0 saturated heterocycles. The second kappa shape index (κ2) is 7.55. The number of terminal acetylenes is 1. The molecule has 0 unspecified atom stereocenters. The minimum atomic E-state index is -1.18. The Kier molecular flexibility index (Phi) is 5.48. The number of aromatic amines is 1. The number of fused-ring (bicyclic) bond motifs is 1. The van der Waals surface area contributed by atoms with Crippen LogP contribution in [0.25, 0.3) is 10.9 Å². The van der Waals surface area contributed by atoms with E-state index in [2.05, 4.69) is 15.9 Å². The van der Waals surface area contributed by atoms with Crippen LogP contribution in [0.3, 0.4) is 0 Å². The molecule has 1 aromatic carbocycles. The second-order valence-electron chi connectivity index (χ2n) is 4.65. The fourth-order valence-corrected chi connectivity index (χ4v) is 2.17. The third-order valence-electron chi connectivity index (χ3n) is 3.09. The molecule has 7 heteroatoms. The van der Waals surface area contributed by atoms with Gasteiger partial charge in [-0.2, -0.15) is 5.26 Å². The molecule has 1 N–H and O–H groups in total. The SMILES string of the molecule is C#CCOCCC(=O)[C@@H](C#N)c1nc2cc(Cl)ccc2c(=O)[nH]1. The molecule has 0 amide bonds. The number of halogens is 1. The van der Waals surface area contributed by atoms with Crippen LogP contribution < -0.4 is 5.56 Å². The molecule has 1 aromatic heterocycles. The number of carbonyl (C=O) groups is 1. The van der Waals surface area contributed by atoms with Crippen molar-refractivity contribution in [3.8, 4) is 18.4 Å². The van der Waals surface area contributed by atoms with Crippen molar-refractivity contribution in [2.45, 2.75) is 12.3 Å². The van der Waals surface area contributed by atoms with Crippen LogP contribution in [0.1, 0.15) is 18.2 Å². The Morgan fingerprint density at radius 2 is 2.30 bits per heavy atom. The Hall–Kier alpha value is -2.67. The number of aromatic nitrogens is 2. The van der Waals surface area contributed by atoms with E-state index in [1.165, 1.54) is 12.1 Å². The molecule has 0 radical (unpaired) electrons. The fourth-order valence-electron chi connectivity index (χ4n) is 2.00. The fraction of sp³-hybridized carbons (Fsp3) is 0.250. The first-order valence-corrected chi connectivity index (χ1v) is 7.07. The quantitative estimate of drug-likeness (QED) is 0.644. The van der Waals surface area contributed by atoms with E-state index in [-0.39, 0.29) is 25.5 Å². The molecule has 0 fully saturated rings. The lowest BCUT2D eigenvalue weighted by molar-refractivity contribution is -0.120. The van der Waals surface area contributed by atoms with Crippen LogP contribution in [0, 0.1) is 23.7 Å². The van der Waals surface area contributed by atoms with Crippen LogP contribution in [0.15, 0.2) is 23.0 Å². The highest BCUT2D eigenvalue weighted by molar-refractivity contribution is 6.31. The molecule has 0 spiro atoms. The van der Waals surface area contributed by atoms with Crippen molar-refractivity contribution in [2.24, 2.45) is 0 Å². The van der Waals surface area contributed by atoms with E-state index in [0.717, 1.165) is 0 Å². The summed E-state index contributed by atoms with van der Waals surface area (Å²) >= 11 is 5.88. The molecule has 0 aliphatic carbocycles. The topological polar surface area (TPSA) is 95.8 Å². The zero-order chi connectivity index (χ0) is 16.8. The number of nitrogens with one attached hydrogen (secondary N) is 1. The summed E-state index contributed by atoms with van der Waals surface area (Å²) in [7, 11) is 0. The first-order valence-electron chi connectivity index (χ1n) is 6.70. The highest BCUT2D eigenvalue weighted by Gasteiger charge is 2.23. The van der Waals surface area contributed by atoms with Crippen molar-refractivity contribution in [3.05, 3.63) is 39.4 Å². The van der Waals surface area contributed by atoms with Gasteiger partial charge in [0.25, 0.3) is 5.56 Å². The molecular weight excluding hydrogens is 318 g/mol. The van der Waals surface area contributed by atoms with Gasteiger partial charge >= 0.3 is 0 Å². The van der Waals surface area contributed by atoms with Gasteiger partial charge in [0, 0.05) is 11.4 Å². The van der Waals surface area contributed by atoms with E-state index in [0.29, 0.717) is 15.9 Å². The summed E-state index contributed by atoms with van der Waals surface area (Å²) in [4.78, 5) is 30.8. The molecule has 0 bridgehead atoms. The van der Waals surface area contributed by atoms with Crippen molar-refractivity contribution < 1.29 is 9.53 Å². The predicted octanol–water partition coefficient (Wildman–Crippen LogP) is 1.79. The maximum absolute atomic E-state index is 12.1. The lowest BCUT2D eigenvalue weighted by Crippen LogP contribution is -2.20.